The molecule has 0 aliphatic carbocycles. The number of rotatable bonds is 5. The minimum Gasteiger partial charge on any atom is -0.484 e. The van der Waals surface area contributed by atoms with Crippen molar-refractivity contribution in [2.24, 2.45) is 0 Å². The molecule has 0 aliphatic heterocycles. The van der Waals surface area contributed by atoms with Crippen LogP contribution in [-0.2, 0) is 4.79 Å². The second-order valence-electron chi connectivity index (χ2n) is 4.75. The van der Waals surface area contributed by atoms with E-state index in [0.29, 0.717) is 16.5 Å². The monoisotopic (exact) mass is 353 g/mol. The molecule has 2 rings (SSSR count). The number of nitrogens with one attached hydrogen (secondary N) is 1. The molecule has 0 saturated carbocycles. The highest BCUT2D eigenvalue weighted by atomic mass is 35.5. The van der Waals surface area contributed by atoms with Crippen LogP contribution in [0.5, 0.6) is 5.75 Å². The summed E-state index contributed by atoms with van der Waals surface area (Å²) in [4.78, 5) is 22.9. The number of aromatic carboxylic acids is 1. The van der Waals surface area contributed by atoms with Crippen LogP contribution < -0.4 is 10.1 Å². The SMILES string of the molecule is Cc1cc(OCC(=O)Nc2ccc(Cl)c(C(=O)O)c2)ccc1Cl. The van der Waals surface area contributed by atoms with Gasteiger partial charge in [-0.25, -0.2) is 4.79 Å². The lowest BCUT2D eigenvalue weighted by Crippen LogP contribution is -2.20. The van der Waals surface area contributed by atoms with Crippen LogP contribution in [0.3, 0.4) is 0 Å². The van der Waals surface area contributed by atoms with Crippen molar-refractivity contribution in [3.63, 3.8) is 0 Å². The standard InChI is InChI=1S/C16H13Cl2NO4/c1-9-6-11(3-5-13(9)17)23-8-15(20)19-10-2-4-14(18)12(7-10)16(21)22/h2-7H,8H2,1H3,(H,19,20)(H,21,22). The predicted molar refractivity (Wildman–Crippen MR) is 88.7 cm³/mol. The Kier molecular flexibility index (Phi) is 5.47. The Labute approximate surface area is 142 Å². The third kappa shape index (κ3) is 4.61. The third-order valence-electron chi connectivity index (χ3n) is 2.98. The normalized spacial score (nSPS) is 10.2. The molecule has 2 aromatic carbocycles. The van der Waals surface area contributed by atoms with Crippen LogP contribution in [0.2, 0.25) is 10.0 Å². The summed E-state index contributed by atoms with van der Waals surface area (Å²) in [7, 11) is 0. The fourth-order valence-corrected chi connectivity index (χ4v) is 2.14. The summed E-state index contributed by atoms with van der Waals surface area (Å²) >= 11 is 11.7. The van der Waals surface area contributed by atoms with Gasteiger partial charge in [0.05, 0.1) is 10.6 Å². The van der Waals surface area contributed by atoms with E-state index >= 15 is 0 Å². The molecule has 0 spiro atoms. The number of halogens is 2. The molecule has 1 amide bonds. The lowest BCUT2D eigenvalue weighted by atomic mass is 10.2. The Morgan fingerprint density at radius 1 is 1.13 bits per heavy atom. The number of benzene rings is 2. The van der Waals surface area contributed by atoms with Gasteiger partial charge in [0.15, 0.2) is 6.61 Å². The van der Waals surface area contributed by atoms with E-state index in [1.807, 2.05) is 6.92 Å². The minimum atomic E-state index is -1.17. The van der Waals surface area contributed by atoms with Crippen molar-refractivity contribution in [1.29, 1.82) is 0 Å². The first-order valence-electron chi connectivity index (χ1n) is 6.58. The van der Waals surface area contributed by atoms with Crippen LogP contribution in [0.1, 0.15) is 15.9 Å². The van der Waals surface area contributed by atoms with E-state index in [0.717, 1.165) is 5.56 Å². The van der Waals surface area contributed by atoms with Crippen molar-refractivity contribution in [1.82, 2.24) is 0 Å². The largest absolute Gasteiger partial charge is 0.484 e. The smallest absolute Gasteiger partial charge is 0.337 e. The van der Waals surface area contributed by atoms with Gasteiger partial charge in [0, 0.05) is 10.7 Å². The van der Waals surface area contributed by atoms with Crippen LogP contribution >= 0.6 is 23.2 Å². The van der Waals surface area contributed by atoms with E-state index in [2.05, 4.69) is 5.32 Å². The average molecular weight is 354 g/mol. The summed E-state index contributed by atoms with van der Waals surface area (Å²) in [5.74, 6) is -1.07. The van der Waals surface area contributed by atoms with E-state index in [1.165, 1.54) is 18.2 Å². The second-order valence-corrected chi connectivity index (χ2v) is 5.56. The van der Waals surface area contributed by atoms with E-state index in [1.54, 1.807) is 18.2 Å². The molecular formula is C16H13Cl2NO4. The summed E-state index contributed by atoms with van der Waals surface area (Å²) in [6, 6.07) is 9.27. The highest BCUT2D eigenvalue weighted by Crippen LogP contribution is 2.22. The van der Waals surface area contributed by atoms with Gasteiger partial charge in [-0.1, -0.05) is 23.2 Å². The minimum absolute atomic E-state index is 0.0845. The van der Waals surface area contributed by atoms with E-state index in [-0.39, 0.29) is 17.2 Å². The lowest BCUT2D eigenvalue weighted by molar-refractivity contribution is -0.118. The van der Waals surface area contributed by atoms with Gasteiger partial charge in [0.2, 0.25) is 0 Å². The number of ether oxygens (including phenoxy) is 1. The molecule has 2 N–H and O–H groups in total. The van der Waals surface area contributed by atoms with Crippen molar-refractivity contribution in [2.75, 3.05) is 11.9 Å². The highest BCUT2D eigenvalue weighted by molar-refractivity contribution is 6.33. The summed E-state index contributed by atoms with van der Waals surface area (Å²) in [5, 5.41) is 12.3. The molecule has 120 valence electrons. The van der Waals surface area contributed by atoms with Gasteiger partial charge in [0.25, 0.3) is 5.91 Å². The number of carbonyl (C=O) groups is 2. The fourth-order valence-electron chi connectivity index (χ4n) is 1.82. The zero-order chi connectivity index (χ0) is 17.0. The van der Waals surface area contributed by atoms with Gasteiger partial charge in [-0.15, -0.1) is 0 Å². The summed E-state index contributed by atoms with van der Waals surface area (Å²) in [5.41, 5.74) is 1.08. The first kappa shape index (κ1) is 17.1. The number of hydrogen-bond acceptors (Lipinski definition) is 3. The molecule has 0 atom stereocenters. The first-order valence-corrected chi connectivity index (χ1v) is 7.34. The Hall–Kier alpha value is -2.24. The average Bonchev–Trinajstić information content (AvgIpc) is 2.50. The topological polar surface area (TPSA) is 75.6 Å². The Bertz CT molecular complexity index is 762. The molecule has 0 aromatic heterocycles. The molecule has 0 aliphatic rings. The highest BCUT2D eigenvalue weighted by Gasteiger charge is 2.11. The maximum absolute atomic E-state index is 11.9. The second kappa shape index (κ2) is 7.35. The molecule has 0 bridgehead atoms. The van der Waals surface area contributed by atoms with Crippen LogP contribution in [0.25, 0.3) is 0 Å². The quantitative estimate of drug-likeness (QED) is 0.851. The van der Waals surface area contributed by atoms with Crippen LogP contribution in [0.4, 0.5) is 5.69 Å². The van der Waals surface area contributed by atoms with Gasteiger partial charge >= 0.3 is 5.97 Å². The number of hydrogen-bond donors (Lipinski definition) is 2. The summed E-state index contributed by atoms with van der Waals surface area (Å²) in [6.45, 7) is 1.61. The molecule has 0 radical (unpaired) electrons. The number of amides is 1. The van der Waals surface area contributed by atoms with Gasteiger partial charge in [-0.3, -0.25) is 4.79 Å². The van der Waals surface area contributed by atoms with Crippen molar-refractivity contribution in [2.45, 2.75) is 6.92 Å². The van der Waals surface area contributed by atoms with Crippen LogP contribution in [0.15, 0.2) is 36.4 Å². The van der Waals surface area contributed by atoms with Gasteiger partial charge in [-0.2, -0.15) is 0 Å². The Morgan fingerprint density at radius 2 is 1.83 bits per heavy atom. The third-order valence-corrected chi connectivity index (χ3v) is 3.73. The Balaban J connectivity index is 1.98. The predicted octanol–water partition coefficient (Wildman–Crippen LogP) is 4.02. The molecule has 0 heterocycles. The molecular weight excluding hydrogens is 341 g/mol. The summed E-state index contributed by atoms with van der Waals surface area (Å²) < 4.78 is 5.36. The van der Waals surface area contributed by atoms with Crippen molar-refractivity contribution >= 4 is 40.8 Å². The first-order chi connectivity index (χ1) is 10.9. The fraction of sp³-hybridized carbons (Fsp3) is 0.125. The van der Waals surface area contributed by atoms with E-state index in [9.17, 15) is 9.59 Å². The summed E-state index contributed by atoms with van der Waals surface area (Å²) in [6.07, 6.45) is 0. The van der Waals surface area contributed by atoms with Gasteiger partial charge in [-0.05, 0) is 48.9 Å². The van der Waals surface area contributed by atoms with Crippen molar-refractivity contribution in [3.05, 3.63) is 57.6 Å². The molecule has 0 unspecified atom stereocenters. The maximum Gasteiger partial charge on any atom is 0.337 e. The van der Waals surface area contributed by atoms with Crippen LogP contribution in [0, 0.1) is 6.92 Å². The number of carboxylic acid groups (broad SMARTS) is 1. The van der Waals surface area contributed by atoms with Crippen molar-refractivity contribution < 1.29 is 19.4 Å². The van der Waals surface area contributed by atoms with Gasteiger partial charge < -0.3 is 15.2 Å². The lowest BCUT2D eigenvalue weighted by Gasteiger charge is -2.09. The molecule has 0 saturated heterocycles. The zero-order valence-corrected chi connectivity index (χ0v) is 13.6. The molecule has 2 aromatic rings. The van der Waals surface area contributed by atoms with Crippen molar-refractivity contribution in [3.8, 4) is 5.75 Å². The molecule has 23 heavy (non-hydrogen) atoms. The molecule has 0 fully saturated rings. The molecule has 7 heteroatoms. The number of anilines is 1. The van der Waals surface area contributed by atoms with Crippen LogP contribution in [-0.4, -0.2) is 23.6 Å². The van der Waals surface area contributed by atoms with E-state index < -0.39 is 11.9 Å². The number of carbonyl (C=O) groups excluding carboxylic acids is 1. The van der Waals surface area contributed by atoms with Gasteiger partial charge in [0.1, 0.15) is 5.75 Å². The zero-order valence-electron chi connectivity index (χ0n) is 12.1. The Morgan fingerprint density at radius 3 is 2.48 bits per heavy atom. The molecule has 5 nitrogen and oxygen atoms in total. The maximum atomic E-state index is 11.9. The number of aryl methyl sites for hydroxylation is 1. The number of carboxylic acids is 1. The van der Waals surface area contributed by atoms with E-state index in [4.69, 9.17) is 33.0 Å².